The van der Waals surface area contributed by atoms with E-state index in [-0.39, 0.29) is 0 Å². The predicted octanol–water partition coefficient (Wildman–Crippen LogP) is 3.62. The second kappa shape index (κ2) is 3.35. The molecule has 0 bridgehead atoms. The molecule has 0 radical (unpaired) electrons. The Hall–Kier alpha value is -1.80. The third-order valence-corrected chi connectivity index (χ3v) is 3.01. The molecule has 2 aromatic carbocycles. The Kier molecular flexibility index (Phi) is 1.98. The highest BCUT2D eigenvalue weighted by Gasteiger charge is 2.07. The van der Waals surface area contributed by atoms with Gasteiger partial charge in [-0.25, -0.2) is 4.98 Å². The third-order valence-electron chi connectivity index (χ3n) is 2.70. The molecule has 1 heterocycles. The Balaban J connectivity index is 2.61. The van der Waals surface area contributed by atoms with E-state index in [2.05, 4.69) is 4.98 Å². The van der Waals surface area contributed by atoms with Crippen LogP contribution in [-0.2, 0) is 0 Å². The monoisotopic (exact) mass is 228 g/mol. The number of rotatable bonds is 0. The molecule has 0 saturated carbocycles. The highest BCUT2D eigenvalue weighted by atomic mass is 35.5. The zero-order valence-electron chi connectivity index (χ0n) is 8.44. The van der Waals surface area contributed by atoms with E-state index in [0.717, 1.165) is 27.5 Å². The molecule has 0 atom stereocenters. The molecular weight excluding hydrogens is 220 g/mol. The summed E-state index contributed by atoms with van der Waals surface area (Å²) in [6.07, 6.45) is 0. The predicted molar refractivity (Wildman–Crippen MR) is 68.7 cm³/mol. The van der Waals surface area contributed by atoms with E-state index < -0.39 is 0 Å². The molecule has 2 N–H and O–H groups in total. The summed E-state index contributed by atoms with van der Waals surface area (Å²) in [5.74, 6) is 0. The number of hydrogen-bond donors (Lipinski definition) is 1. The van der Waals surface area contributed by atoms with Crippen LogP contribution in [-0.4, -0.2) is 4.98 Å². The SMILES string of the molecule is Nc1c2ccccc2nc2c(Cl)cccc12. The van der Waals surface area contributed by atoms with Crippen molar-refractivity contribution in [3.05, 3.63) is 47.5 Å². The molecule has 0 amide bonds. The van der Waals surface area contributed by atoms with E-state index in [1.54, 1.807) is 0 Å². The lowest BCUT2D eigenvalue weighted by Crippen LogP contribution is -1.92. The second-order valence-corrected chi connectivity index (χ2v) is 4.09. The van der Waals surface area contributed by atoms with Crippen molar-refractivity contribution in [2.75, 3.05) is 5.73 Å². The first-order valence-electron chi connectivity index (χ1n) is 5.00. The quantitative estimate of drug-likeness (QED) is 0.597. The molecule has 0 unspecified atom stereocenters. The Bertz CT molecular complexity index is 692. The number of aromatic nitrogens is 1. The van der Waals surface area contributed by atoms with Crippen molar-refractivity contribution in [1.29, 1.82) is 0 Å². The van der Waals surface area contributed by atoms with Crippen LogP contribution in [0, 0.1) is 0 Å². The standard InChI is InChI=1S/C13H9ClN2/c14-10-6-3-5-9-12(15)8-4-1-2-7-11(8)16-13(9)10/h1-7H,(H2,15,16). The van der Waals surface area contributed by atoms with Gasteiger partial charge < -0.3 is 5.73 Å². The fraction of sp³-hybridized carbons (Fsp3) is 0. The molecule has 16 heavy (non-hydrogen) atoms. The number of anilines is 1. The zero-order chi connectivity index (χ0) is 11.1. The van der Waals surface area contributed by atoms with E-state index in [9.17, 15) is 0 Å². The summed E-state index contributed by atoms with van der Waals surface area (Å²) in [7, 11) is 0. The van der Waals surface area contributed by atoms with Crippen LogP contribution in [0.1, 0.15) is 0 Å². The van der Waals surface area contributed by atoms with Gasteiger partial charge in [0.2, 0.25) is 0 Å². The summed E-state index contributed by atoms with van der Waals surface area (Å²) < 4.78 is 0. The van der Waals surface area contributed by atoms with Gasteiger partial charge in [-0.3, -0.25) is 0 Å². The van der Waals surface area contributed by atoms with Gasteiger partial charge in [-0.2, -0.15) is 0 Å². The molecule has 0 aliphatic carbocycles. The maximum atomic E-state index is 6.12. The molecule has 3 heteroatoms. The van der Waals surface area contributed by atoms with Crippen molar-refractivity contribution in [3.8, 4) is 0 Å². The number of nitrogens with two attached hydrogens (primary N) is 1. The molecule has 0 spiro atoms. The summed E-state index contributed by atoms with van der Waals surface area (Å²) in [6, 6.07) is 13.5. The number of para-hydroxylation sites is 2. The number of nitrogens with zero attached hydrogens (tertiary/aromatic N) is 1. The van der Waals surface area contributed by atoms with Crippen LogP contribution in [0.4, 0.5) is 5.69 Å². The first kappa shape index (κ1) is 9.43. The van der Waals surface area contributed by atoms with Gasteiger partial charge in [0.25, 0.3) is 0 Å². The molecule has 0 saturated heterocycles. The number of benzene rings is 2. The van der Waals surface area contributed by atoms with E-state index in [4.69, 9.17) is 17.3 Å². The van der Waals surface area contributed by atoms with E-state index in [1.165, 1.54) is 0 Å². The lowest BCUT2D eigenvalue weighted by molar-refractivity contribution is 1.50. The van der Waals surface area contributed by atoms with Gasteiger partial charge in [-0.1, -0.05) is 41.9 Å². The Morgan fingerprint density at radius 1 is 0.938 bits per heavy atom. The highest BCUT2D eigenvalue weighted by molar-refractivity contribution is 6.35. The topological polar surface area (TPSA) is 38.9 Å². The van der Waals surface area contributed by atoms with Crippen molar-refractivity contribution in [3.63, 3.8) is 0 Å². The van der Waals surface area contributed by atoms with E-state index >= 15 is 0 Å². The second-order valence-electron chi connectivity index (χ2n) is 3.68. The number of halogens is 1. The van der Waals surface area contributed by atoms with Crippen LogP contribution >= 0.6 is 11.6 Å². The van der Waals surface area contributed by atoms with Crippen LogP contribution < -0.4 is 5.73 Å². The molecule has 0 aliphatic heterocycles. The van der Waals surface area contributed by atoms with Gasteiger partial charge in [-0.15, -0.1) is 0 Å². The first-order chi connectivity index (χ1) is 7.77. The molecule has 2 nitrogen and oxygen atoms in total. The van der Waals surface area contributed by atoms with Gasteiger partial charge in [0.1, 0.15) is 0 Å². The normalized spacial score (nSPS) is 11.1. The minimum Gasteiger partial charge on any atom is -0.398 e. The molecule has 78 valence electrons. The highest BCUT2D eigenvalue weighted by Crippen LogP contribution is 2.31. The molecule has 3 aromatic rings. The van der Waals surface area contributed by atoms with E-state index in [1.807, 2.05) is 42.5 Å². The largest absolute Gasteiger partial charge is 0.398 e. The van der Waals surface area contributed by atoms with Gasteiger partial charge in [-0.05, 0) is 12.1 Å². The molecule has 1 aromatic heterocycles. The van der Waals surface area contributed by atoms with Crippen LogP contribution in [0.25, 0.3) is 21.8 Å². The summed E-state index contributed by atoms with van der Waals surface area (Å²) in [6.45, 7) is 0. The Morgan fingerprint density at radius 3 is 2.56 bits per heavy atom. The van der Waals surface area contributed by atoms with Crippen LogP contribution in [0.3, 0.4) is 0 Å². The van der Waals surface area contributed by atoms with Gasteiger partial charge in [0, 0.05) is 10.8 Å². The van der Waals surface area contributed by atoms with Gasteiger partial charge in [0.05, 0.1) is 21.7 Å². The lowest BCUT2D eigenvalue weighted by Gasteiger charge is -2.07. The Morgan fingerprint density at radius 2 is 1.69 bits per heavy atom. The maximum Gasteiger partial charge on any atom is 0.0916 e. The van der Waals surface area contributed by atoms with E-state index in [0.29, 0.717) is 5.02 Å². The number of fused-ring (bicyclic) bond motifs is 2. The summed E-state index contributed by atoms with van der Waals surface area (Å²) in [4.78, 5) is 4.53. The average molecular weight is 229 g/mol. The van der Waals surface area contributed by atoms with Crippen molar-refractivity contribution in [1.82, 2.24) is 4.98 Å². The van der Waals surface area contributed by atoms with Crippen molar-refractivity contribution < 1.29 is 0 Å². The molecule has 0 aliphatic rings. The Labute approximate surface area is 97.7 Å². The van der Waals surface area contributed by atoms with Crippen molar-refractivity contribution in [2.45, 2.75) is 0 Å². The maximum absolute atomic E-state index is 6.12. The molecular formula is C13H9ClN2. The minimum atomic E-state index is 0.634. The number of nitrogen functional groups attached to an aromatic ring is 1. The smallest absolute Gasteiger partial charge is 0.0916 e. The summed E-state index contributed by atoms with van der Waals surface area (Å²) >= 11 is 6.11. The first-order valence-corrected chi connectivity index (χ1v) is 5.37. The van der Waals surface area contributed by atoms with Gasteiger partial charge in [0.15, 0.2) is 0 Å². The van der Waals surface area contributed by atoms with Crippen LogP contribution in [0.15, 0.2) is 42.5 Å². The molecule has 3 rings (SSSR count). The fourth-order valence-electron chi connectivity index (χ4n) is 1.91. The van der Waals surface area contributed by atoms with Crippen molar-refractivity contribution in [2.24, 2.45) is 0 Å². The summed E-state index contributed by atoms with van der Waals surface area (Å²) in [5, 5.41) is 2.51. The lowest BCUT2D eigenvalue weighted by atomic mass is 10.1. The number of pyridine rings is 1. The van der Waals surface area contributed by atoms with Crippen LogP contribution in [0.5, 0.6) is 0 Å². The average Bonchev–Trinajstić information content (AvgIpc) is 2.31. The number of hydrogen-bond acceptors (Lipinski definition) is 2. The minimum absolute atomic E-state index is 0.634. The summed E-state index contributed by atoms with van der Waals surface area (Å²) in [5.41, 5.74) is 8.50. The molecule has 0 fully saturated rings. The third kappa shape index (κ3) is 1.24. The van der Waals surface area contributed by atoms with Crippen molar-refractivity contribution >= 4 is 39.1 Å². The van der Waals surface area contributed by atoms with Crippen LogP contribution in [0.2, 0.25) is 5.02 Å². The zero-order valence-corrected chi connectivity index (χ0v) is 9.20. The fourth-order valence-corrected chi connectivity index (χ4v) is 2.13. The van der Waals surface area contributed by atoms with Gasteiger partial charge >= 0.3 is 0 Å².